The molecule has 0 aliphatic rings. The first-order valence-electron chi connectivity index (χ1n) is 5.24. The Bertz CT molecular complexity index is 561. The number of nitrogen functional groups attached to an aromatic ring is 1. The summed E-state index contributed by atoms with van der Waals surface area (Å²) in [7, 11) is 0. The van der Waals surface area contributed by atoms with Crippen LogP contribution in [0.4, 0.5) is 5.69 Å². The molecule has 2 nitrogen and oxygen atoms in total. The molecule has 0 saturated carbocycles. The minimum atomic E-state index is -0.0147. The number of halogens is 1. The van der Waals surface area contributed by atoms with Crippen LogP contribution >= 0.6 is 11.6 Å². The van der Waals surface area contributed by atoms with Gasteiger partial charge in [-0.1, -0.05) is 11.6 Å². The molecule has 0 aromatic heterocycles. The maximum Gasteiger partial charge on any atom is 0.193 e. The minimum Gasteiger partial charge on any atom is -0.399 e. The Labute approximate surface area is 105 Å². The van der Waals surface area contributed by atoms with Crippen LogP contribution in [0.1, 0.15) is 21.5 Å². The smallest absolute Gasteiger partial charge is 0.193 e. The van der Waals surface area contributed by atoms with Gasteiger partial charge in [0.2, 0.25) is 0 Å². The zero-order chi connectivity index (χ0) is 12.4. The predicted molar refractivity (Wildman–Crippen MR) is 70.5 cm³/mol. The van der Waals surface area contributed by atoms with Crippen molar-refractivity contribution in [2.75, 3.05) is 5.73 Å². The van der Waals surface area contributed by atoms with Crippen molar-refractivity contribution in [1.29, 1.82) is 0 Å². The van der Waals surface area contributed by atoms with Crippen LogP contribution in [0.5, 0.6) is 0 Å². The van der Waals surface area contributed by atoms with Crippen molar-refractivity contribution >= 4 is 23.1 Å². The summed E-state index contributed by atoms with van der Waals surface area (Å²) in [5.41, 5.74) is 8.40. The van der Waals surface area contributed by atoms with Crippen molar-refractivity contribution in [2.45, 2.75) is 6.92 Å². The Morgan fingerprint density at radius 1 is 1.12 bits per heavy atom. The normalized spacial score (nSPS) is 10.2. The molecular weight excluding hydrogens is 234 g/mol. The van der Waals surface area contributed by atoms with Crippen molar-refractivity contribution in [3.05, 3.63) is 64.2 Å². The second kappa shape index (κ2) is 4.60. The van der Waals surface area contributed by atoms with Crippen molar-refractivity contribution in [3.63, 3.8) is 0 Å². The fourth-order valence-corrected chi connectivity index (χ4v) is 1.90. The molecule has 0 bridgehead atoms. The molecule has 3 heteroatoms. The van der Waals surface area contributed by atoms with Gasteiger partial charge in [-0.05, 0) is 55.0 Å². The molecule has 0 atom stereocenters. The maximum atomic E-state index is 12.2. The van der Waals surface area contributed by atoms with E-state index in [1.165, 1.54) is 0 Å². The first kappa shape index (κ1) is 11.7. The molecule has 2 rings (SSSR count). The molecule has 0 saturated heterocycles. The molecule has 2 aromatic rings. The average Bonchev–Trinajstić information content (AvgIpc) is 2.29. The second-order valence-corrected chi connectivity index (χ2v) is 4.35. The number of ketones is 1. The molecule has 0 radical (unpaired) electrons. The van der Waals surface area contributed by atoms with E-state index < -0.39 is 0 Å². The van der Waals surface area contributed by atoms with Gasteiger partial charge in [0.15, 0.2) is 5.78 Å². The molecule has 0 heterocycles. The standard InChI is InChI=1S/C14H12ClNO/c1-9-8-11(15)4-7-13(9)14(17)10-2-5-12(16)6-3-10/h2-8H,16H2,1H3. The second-order valence-electron chi connectivity index (χ2n) is 3.91. The number of hydrogen-bond donors (Lipinski definition) is 1. The lowest BCUT2D eigenvalue weighted by Crippen LogP contribution is -2.03. The summed E-state index contributed by atoms with van der Waals surface area (Å²) >= 11 is 5.86. The van der Waals surface area contributed by atoms with Gasteiger partial charge in [0.05, 0.1) is 0 Å². The SMILES string of the molecule is Cc1cc(Cl)ccc1C(=O)c1ccc(N)cc1. The van der Waals surface area contributed by atoms with Crippen molar-refractivity contribution < 1.29 is 4.79 Å². The summed E-state index contributed by atoms with van der Waals surface area (Å²) in [5.74, 6) is -0.0147. The Morgan fingerprint density at radius 2 is 1.76 bits per heavy atom. The van der Waals surface area contributed by atoms with E-state index in [1.807, 2.05) is 6.92 Å². The molecule has 2 aromatic carbocycles. The highest BCUT2D eigenvalue weighted by molar-refractivity contribution is 6.30. The van der Waals surface area contributed by atoms with Crippen molar-refractivity contribution in [1.82, 2.24) is 0 Å². The Balaban J connectivity index is 2.40. The van der Waals surface area contributed by atoms with Crippen LogP contribution in [0.3, 0.4) is 0 Å². The van der Waals surface area contributed by atoms with Gasteiger partial charge in [-0.25, -0.2) is 0 Å². The first-order chi connectivity index (χ1) is 8.08. The van der Waals surface area contributed by atoms with Crippen LogP contribution in [-0.2, 0) is 0 Å². The average molecular weight is 246 g/mol. The lowest BCUT2D eigenvalue weighted by molar-refractivity contribution is 0.103. The van der Waals surface area contributed by atoms with Gasteiger partial charge in [-0.3, -0.25) is 4.79 Å². The van der Waals surface area contributed by atoms with Crippen LogP contribution in [0.2, 0.25) is 5.02 Å². The highest BCUT2D eigenvalue weighted by Crippen LogP contribution is 2.19. The molecule has 0 unspecified atom stereocenters. The molecule has 0 amide bonds. The van der Waals surface area contributed by atoms with Gasteiger partial charge in [-0.15, -0.1) is 0 Å². The third-order valence-electron chi connectivity index (χ3n) is 2.61. The third kappa shape index (κ3) is 2.48. The maximum absolute atomic E-state index is 12.2. The van der Waals surface area contributed by atoms with Crippen LogP contribution in [-0.4, -0.2) is 5.78 Å². The summed E-state index contributed by atoms with van der Waals surface area (Å²) in [6.45, 7) is 1.87. The summed E-state index contributed by atoms with van der Waals surface area (Å²) in [6.07, 6.45) is 0. The number of hydrogen-bond acceptors (Lipinski definition) is 2. The van der Waals surface area contributed by atoms with Crippen LogP contribution in [0.15, 0.2) is 42.5 Å². The van der Waals surface area contributed by atoms with Gasteiger partial charge in [0.1, 0.15) is 0 Å². The van der Waals surface area contributed by atoms with Crippen LogP contribution in [0, 0.1) is 6.92 Å². The van der Waals surface area contributed by atoms with Crippen molar-refractivity contribution in [2.24, 2.45) is 0 Å². The van der Waals surface area contributed by atoms with Gasteiger partial charge in [-0.2, -0.15) is 0 Å². The van der Waals surface area contributed by atoms with E-state index in [9.17, 15) is 4.79 Å². The highest BCUT2D eigenvalue weighted by atomic mass is 35.5. The summed E-state index contributed by atoms with van der Waals surface area (Å²) in [4.78, 5) is 12.2. The molecular formula is C14H12ClNO. The van der Waals surface area contributed by atoms with Crippen molar-refractivity contribution in [3.8, 4) is 0 Å². The zero-order valence-electron chi connectivity index (χ0n) is 9.41. The predicted octanol–water partition coefficient (Wildman–Crippen LogP) is 3.46. The lowest BCUT2D eigenvalue weighted by atomic mass is 9.99. The van der Waals surface area contributed by atoms with E-state index in [0.717, 1.165) is 5.56 Å². The molecule has 0 spiro atoms. The Kier molecular flexibility index (Phi) is 3.16. The molecule has 0 aliphatic carbocycles. The number of rotatable bonds is 2. The van der Waals surface area contributed by atoms with E-state index in [0.29, 0.717) is 21.8 Å². The largest absolute Gasteiger partial charge is 0.399 e. The number of carbonyl (C=O) groups excluding carboxylic acids is 1. The van der Waals surface area contributed by atoms with Gasteiger partial charge < -0.3 is 5.73 Å². The molecule has 2 N–H and O–H groups in total. The summed E-state index contributed by atoms with van der Waals surface area (Å²) in [5, 5.41) is 0.636. The number of aryl methyl sites for hydroxylation is 1. The number of anilines is 1. The summed E-state index contributed by atoms with van der Waals surface area (Å²) < 4.78 is 0. The number of benzene rings is 2. The zero-order valence-corrected chi connectivity index (χ0v) is 10.2. The first-order valence-corrected chi connectivity index (χ1v) is 5.62. The van der Waals surface area contributed by atoms with E-state index >= 15 is 0 Å². The lowest BCUT2D eigenvalue weighted by Gasteiger charge is -2.05. The van der Waals surface area contributed by atoms with Crippen LogP contribution in [0.25, 0.3) is 0 Å². The molecule has 17 heavy (non-hydrogen) atoms. The van der Waals surface area contributed by atoms with E-state index in [2.05, 4.69) is 0 Å². The number of carbonyl (C=O) groups is 1. The molecule has 86 valence electrons. The topological polar surface area (TPSA) is 43.1 Å². The molecule has 0 aliphatic heterocycles. The third-order valence-corrected chi connectivity index (χ3v) is 2.84. The monoisotopic (exact) mass is 245 g/mol. The number of nitrogens with two attached hydrogens (primary N) is 1. The fourth-order valence-electron chi connectivity index (χ4n) is 1.67. The molecule has 0 fully saturated rings. The summed E-state index contributed by atoms with van der Waals surface area (Å²) in [6, 6.07) is 12.1. The van der Waals surface area contributed by atoms with E-state index in [1.54, 1.807) is 42.5 Å². The highest BCUT2D eigenvalue weighted by Gasteiger charge is 2.11. The Hall–Kier alpha value is -1.80. The van der Waals surface area contributed by atoms with Gasteiger partial charge >= 0.3 is 0 Å². The van der Waals surface area contributed by atoms with E-state index in [-0.39, 0.29) is 5.78 Å². The Morgan fingerprint density at radius 3 is 2.35 bits per heavy atom. The fraction of sp³-hybridized carbons (Fsp3) is 0.0714. The minimum absolute atomic E-state index is 0.0147. The van der Waals surface area contributed by atoms with E-state index in [4.69, 9.17) is 17.3 Å². The van der Waals surface area contributed by atoms with Crippen LogP contribution < -0.4 is 5.73 Å². The quantitative estimate of drug-likeness (QED) is 0.650. The van der Waals surface area contributed by atoms with Gasteiger partial charge in [0.25, 0.3) is 0 Å². The van der Waals surface area contributed by atoms with Gasteiger partial charge in [0, 0.05) is 21.8 Å².